The lowest BCUT2D eigenvalue weighted by Crippen LogP contribution is -2.26. The van der Waals surface area contributed by atoms with E-state index in [0.717, 1.165) is 35.3 Å². The minimum absolute atomic E-state index is 0.125. The first-order valence-electron chi connectivity index (χ1n) is 9.22. The SMILES string of the molecule is NCc1ccc(Nc2nccc(C(NC3CC3)c3ccc(Cl)cc3Cl)n2)cc1. The Morgan fingerprint density at radius 2 is 1.86 bits per heavy atom. The summed E-state index contributed by atoms with van der Waals surface area (Å²) in [5.74, 6) is 0.533. The number of aromatic nitrogens is 2. The number of hydrogen-bond donors (Lipinski definition) is 3. The van der Waals surface area contributed by atoms with Crippen LogP contribution in [0.2, 0.25) is 10.0 Å². The highest BCUT2D eigenvalue weighted by Crippen LogP contribution is 2.33. The maximum Gasteiger partial charge on any atom is 0.227 e. The van der Waals surface area contributed by atoms with Gasteiger partial charge in [-0.1, -0.05) is 41.4 Å². The molecular formula is C21H21Cl2N5. The zero-order valence-corrected chi connectivity index (χ0v) is 16.7. The lowest BCUT2D eigenvalue weighted by atomic mass is 10.0. The monoisotopic (exact) mass is 413 g/mol. The normalized spacial score (nSPS) is 14.7. The van der Waals surface area contributed by atoms with E-state index in [1.165, 1.54) is 0 Å². The number of nitrogens with zero attached hydrogens (tertiary/aromatic N) is 2. The molecule has 0 radical (unpaired) electrons. The summed E-state index contributed by atoms with van der Waals surface area (Å²) >= 11 is 12.6. The predicted octanol–water partition coefficient (Wildman–Crippen LogP) is 4.83. The summed E-state index contributed by atoms with van der Waals surface area (Å²) in [4.78, 5) is 9.09. The van der Waals surface area contributed by atoms with E-state index in [9.17, 15) is 0 Å². The van der Waals surface area contributed by atoms with Gasteiger partial charge < -0.3 is 16.4 Å². The molecule has 1 saturated carbocycles. The van der Waals surface area contributed by atoms with Gasteiger partial charge in [-0.05, 0) is 54.3 Å². The van der Waals surface area contributed by atoms with Gasteiger partial charge in [0.15, 0.2) is 0 Å². The average Bonchev–Trinajstić information content (AvgIpc) is 3.52. The summed E-state index contributed by atoms with van der Waals surface area (Å²) < 4.78 is 0. The molecule has 28 heavy (non-hydrogen) atoms. The van der Waals surface area contributed by atoms with E-state index in [1.54, 1.807) is 12.3 Å². The molecule has 0 aliphatic heterocycles. The Morgan fingerprint density at radius 1 is 1.07 bits per heavy atom. The number of rotatable bonds is 7. The van der Waals surface area contributed by atoms with Crippen molar-refractivity contribution in [1.29, 1.82) is 0 Å². The van der Waals surface area contributed by atoms with Crippen molar-refractivity contribution in [1.82, 2.24) is 15.3 Å². The smallest absolute Gasteiger partial charge is 0.227 e. The average molecular weight is 414 g/mol. The molecule has 2 aromatic carbocycles. The molecule has 1 aliphatic rings. The van der Waals surface area contributed by atoms with Gasteiger partial charge in [-0.25, -0.2) is 9.97 Å². The van der Waals surface area contributed by atoms with Crippen molar-refractivity contribution in [2.24, 2.45) is 5.73 Å². The van der Waals surface area contributed by atoms with Gasteiger partial charge in [-0.3, -0.25) is 0 Å². The van der Waals surface area contributed by atoms with Gasteiger partial charge in [0.2, 0.25) is 5.95 Å². The maximum absolute atomic E-state index is 6.48. The molecule has 5 nitrogen and oxygen atoms in total. The number of nitrogens with two attached hydrogens (primary N) is 1. The van der Waals surface area contributed by atoms with Gasteiger partial charge in [0.1, 0.15) is 0 Å². The highest BCUT2D eigenvalue weighted by atomic mass is 35.5. The summed E-state index contributed by atoms with van der Waals surface area (Å²) in [6.45, 7) is 0.517. The molecule has 0 spiro atoms. The lowest BCUT2D eigenvalue weighted by molar-refractivity contribution is 0.587. The number of nitrogens with one attached hydrogen (secondary N) is 2. The topological polar surface area (TPSA) is 75.9 Å². The number of benzene rings is 2. The second-order valence-corrected chi connectivity index (χ2v) is 7.71. The molecule has 7 heteroatoms. The predicted molar refractivity (Wildman–Crippen MR) is 114 cm³/mol. The van der Waals surface area contributed by atoms with Gasteiger partial charge in [0.25, 0.3) is 0 Å². The standard InChI is InChI=1S/C21H21Cl2N5/c22-14-3-8-17(18(23)11-14)20(26-15-6-7-15)19-9-10-25-21(28-19)27-16-4-1-13(12-24)2-5-16/h1-5,8-11,15,20,26H,6-7,12,24H2,(H,25,27,28). The zero-order valence-electron chi connectivity index (χ0n) is 15.2. The molecule has 1 aliphatic carbocycles. The summed E-state index contributed by atoms with van der Waals surface area (Å²) in [5, 5.41) is 8.12. The van der Waals surface area contributed by atoms with Crippen LogP contribution >= 0.6 is 23.2 Å². The zero-order chi connectivity index (χ0) is 19.5. The van der Waals surface area contributed by atoms with Crippen LogP contribution in [0.1, 0.15) is 35.7 Å². The van der Waals surface area contributed by atoms with Crippen LogP contribution in [0.5, 0.6) is 0 Å². The largest absolute Gasteiger partial charge is 0.326 e. The number of hydrogen-bond acceptors (Lipinski definition) is 5. The lowest BCUT2D eigenvalue weighted by Gasteiger charge is -2.20. The molecule has 1 heterocycles. The summed E-state index contributed by atoms with van der Waals surface area (Å²) in [6.07, 6.45) is 4.07. The Balaban J connectivity index is 1.62. The third-order valence-corrected chi connectivity index (χ3v) is 5.23. The molecular weight excluding hydrogens is 393 g/mol. The molecule has 1 aromatic heterocycles. The first-order chi connectivity index (χ1) is 13.6. The van der Waals surface area contributed by atoms with Crippen molar-refractivity contribution in [3.63, 3.8) is 0 Å². The fourth-order valence-electron chi connectivity index (χ4n) is 3.00. The van der Waals surface area contributed by atoms with Crippen LogP contribution in [0.15, 0.2) is 54.7 Å². The van der Waals surface area contributed by atoms with Crippen LogP contribution < -0.4 is 16.4 Å². The van der Waals surface area contributed by atoms with Gasteiger partial charge in [0.05, 0.1) is 11.7 Å². The van der Waals surface area contributed by atoms with E-state index in [0.29, 0.717) is 28.6 Å². The Kier molecular flexibility index (Phi) is 5.78. The van der Waals surface area contributed by atoms with Gasteiger partial charge in [-0.2, -0.15) is 0 Å². The van der Waals surface area contributed by atoms with Crippen LogP contribution in [0.3, 0.4) is 0 Å². The molecule has 4 rings (SSSR count). The van der Waals surface area contributed by atoms with Crippen molar-refractivity contribution in [2.45, 2.75) is 31.5 Å². The molecule has 0 amide bonds. The molecule has 144 valence electrons. The fourth-order valence-corrected chi connectivity index (χ4v) is 3.52. The summed E-state index contributed by atoms with van der Waals surface area (Å²) in [5.41, 5.74) is 9.45. The Hall–Kier alpha value is -2.18. The number of halogens is 2. The van der Waals surface area contributed by atoms with E-state index in [2.05, 4.69) is 15.6 Å². The summed E-state index contributed by atoms with van der Waals surface area (Å²) in [7, 11) is 0. The van der Waals surface area contributed by atoms with Crippen LogP contribution in [0.4, 0.5) is 11.6 Å². The Morgan fingerprint density at radius 3 is 2.54 bits per heavy atom. The molecule has 3 aromatic rings. The summed E-state index contributed by atoms with van der Waals surface area (Å²) in [6, 6.07) is 15.7. The van der Waals surface area contributed by atoms with Crippen molar-refractivity contribution in [2.75, 3.05) is 5.32 Å². The quantitative estimate of drug-likeness (QED) is 0.517. The first-order valence-corrected chi connectivity index (χ1v) is 9.98. The van der Waals surface area contributed by atoms with Crippen LogP contribution in [0, 0.1) is 0 Å². The first kappa shape index (κ1) is 19.2. The van der Waals surface area contributed by atoms with E-state index in [4.69, 9.17) is 33.9 Å². The van der Waals surface area contributed by atoms with Crippen LogP contribution in [-0.4, -0.2) is 16.0 Å². The van der Waals surface area contributed by atoms with Crippen molar-refractivity contribution < 1.29 is 0 Å². The second-order valence-electron chi connectivity index (χ2n) is 6.87. The minimum Gasteiger partial charge on any atom is -0.326 e. The Labute approximate surface area is 174 Å². The van der Waals surface area contributed by atoms with Crippen molar-refractivity contribution in [3.8, 4) is 0 Å². The van der Waals surface area contributed by atoms with E-state index < -0.39 is 0 Å². The molecule has 4 N–H and O–H groups in total. The van der Waals surface area contributed by atoms with E-state index in [1.807, 2.05) is 42.5 Å². The van der Waals surface area contributed by atoms with Crippen molar-refractivity contribution >= 4 is 34.8 Å². The molecule has 0 bridgehead atoms. The molecule has 1 unspecified atom stereocenters. The Bertz CT molecular complexity index is 957. The molecule has 0 saturated heterocycles. The molecule has 1 atom stereocenters. The van der Waals surface area contributed by atoms with Crippen molar-refractivity contribution in [3.05, 3.63) is 81.6 Å². The van der Waals surface area contributed by atoms with Crippen LogP contribution in [0.25, 0.3) is 0 Å². The molecule has 1 fully saturated rings. The van der Waals surface area contributed by atoms with E-state index in [-0.39, 0.29) is 6.04 Å². The number of anilines is 2. The third kappa shape index (κ3) is 4.62. The minimum atomic E-state index is -0.125. The van der Waals surface area contributed by atoms with Crippen LogP contribution in [-0.2, 0) is 6.54 Å². The fraction of sp³-hybridized carbons (Fsp3) is 0.238. The van der Waals surface area contributed by atoms with Gasteiger partial charge >= 0.3 is 0 Å². The van der Waals surface area contributed by atoms with E-state index >= 15 is 0 Å². The van der Waals surface area contributed by atoms with Gasteiger partial charge in [0, 0.05) is 34.5 Å². The highest BCUT2D eigenvalue weighted by Gasteiger charge is 2.28. The highest BCUT2D eigenvalue weighted by molar-refractivity contribution is 6.35. The second kappa shape index (κ2) is 8.45. The third-order valence-electron chi connectivity index (χ3n) is 4.67. The maximum atomic E-state index is 6.48. The van der Waals surface area contributed by atoms with Gasteiger partial charge in [-0.15, -0.1) is 0 Å².